The summed E-state index contributed by atoms with van der Waals surface area (Å²) in [6.45, 7) is 8.63. The van der Waals surface area contributed by atoms with Crippen molar-refractivity contribution in [3.63, 3.8) is 0 Å². The van der Waals surface area contributed by atoms with E-state index in [9.17, 15) is 9.90 Å². The van der Waals surface area contributed by atoms with Crippen LogP contribution < -0.4 is 0 Å². The van der Waals surface area contributed by atoms with Crippen molar-refractivity contribution in [2.45, 2.75) is 124 Å². The van der Waals surface area contributed by atoms with Crippen molar-refractivity contribution in [2.75, 3.05) is 0 Å². The molecule has 143 valence electrons. The van der Waals surface area contributed by atoms with Gasteiger partial charge in [-0.2, -0.15) is 0 Å². The lowest BCUT2D eigenvalue weighted by atomic mass is 9.69. The Balaban J connectivity index is 4.27. The lowest BCUT2D eigenvalue weighted by molar-refractivity contribution is -0.160. The van der Waals surface area contributed by atoms with Gasteiger partial charge >= 0.3 is 5.97 Å². The predicted octanol–water partition coefficient (Wildman–Crippen LogP) is 7.48. The molecular weight excluding hydrogens is 296 g/mol. The van der Waals surface area contributed by atoms with Crippen molar-refractivity contribution >= 4 is 5.97 Å². The van der Waals surface area contributed by atoms with Crippen LogP contribution in [0.4, 0.5) is 0 Å². The first-order chi connectivity index (χ1) is 11.5. The van der Waals surface area contributed by atoms with Crippen molar-refractivity contribution in [3.8, 4) is 0 Å². The van der Waals surface area contributed by atoms with Crippen LogP contribution in [-0.4, -0.2) is 5.97 Å². The molecule has 2 unspecified atom stereocenters. The average Bonchev–Trinajstić information content (AvgIpc) is 2.57. The molecule has 0 bridgehead atoms. The fourth-order valence-electron chi connectivity index (χ4n) is 3.95. The van der Waals surface area contributed by atoms with Gasteiger partial charge in [0.15, 0.2) is 0 Å². The minimum atomic E-state index is -0.808. The molecule has 2 nitrogen and oxygen atoms in total. The van der Waals surface area contributed by atoms with E-state index in [1.807, 2.05) is 6.92 Å². The highest BCUT2D eigenvalue weighted by molar-refractivity contribution is 5.74. The van der Waals surface area contributed by atoms with Crippen LogP contribution in [0.5, 0.6) is 0 Å². The lowest BCUT2D eigenvalue weighted by Gasteiger charge is -2.33. The molecule has 0 heterocycles. The number of carbonyl (C=O) groups is 1. The molecule has 0 saturated carbocycles. The van der Waals surface area contributed by atoms with Crippen LogP contribution in [-0.2, 0) is 9.90 Å². The standard InChI is InChI=1S/C22H43O2/c1-5-8-10-12-14-16-18-20(4)22(7-3,21(23)24)19-17-15-13-11-9-6-2/h20H,5-19H2,1-4H3. The molecule has 2 heteroatoms. The molecule has 0 aliphatic rings. The topological polar surface area (TPSA) is 37.0 Å². The first-order valence-electron chi connectivity index (χ1n) is 10.8. The molecule has 0 fully saturated rings. The summed E-state index contributed by atoms with van der Waals surface area (Å²) in [5.74, 6) is -0.577. The van der Waals surface area contributed by atoms with Gasteiger partial charge in [0.25, 0.3) is 0 Å². The van der Waals surface area contributed by atoms with Crippen LogP contribution in [0.1, 0.15) is 124 Å². The second-order valence-electron chi connectivity index (χ2n) is 7.77. The third kappa shape index (κ3) is 9.08. The smallest absolute Gasteiger partial charge is 0.247 e. The summed E-state index contributed by atoms with van der Waals surface area (Å²) in [6, 6.07) is 0. The molecule has 0 aromatic heterocycles. The fraction of sp³-hybridized carbons (Fsp3) is 0.955. The minimum absolute atomic E-state index is 0.231. The van der Waals surface area contributed by atoms with E-state index in [-0.39, 0.29) is 5.92 Å². The van der Waals surface area contributed by atoms with E-state index in [4.69, 9.17) is 0 Å². The zero-order chi connectivity index (χ0) is 18.3. The monoisotopic (exact) mass is 339 g/mol. The summed E-state index contributed by atoms with van der Waals surface area (Å²) in [5.41, 5.74) is -0.603. The summed E-state index contributed by atoms with van der Waals surface area (Å²) < 4.78 is 0. The van der Waals surface area contributed by atoms with E-state index < -0.39 is 11.4 Å². The van der Waals surface area contributed by atoms with Gasteiger partial charge < -0.3 is 0 Å². The van der Waals surface area contributed by atoms with Gasteiger partial charge in [-0.25, -0.2) is 9.90 Å². The van der Waals surface area contributed by atoms with E-state index in [2.05, 4.69) is 20.8 Å². The Labute approximate surface area is 151 Å². The number of carbonyl (C=O) groups excluding carboxylic acids is 1. The SMILES string of the molecule is CCCCCCCCC(C)C(CC)(CCCCCCCC)C([O])=O. The minimum Gasteiger partial charge on any atom is -0.247 e. The quantitative estimate of drug-likeness (QED) is 0.253. The molecule has 24 heavy (non-hydrogen) atoms. The number of hydrogen-bond acceptors (Lipinski definition) is 1. The fourth-order valence-corrected chi connectivity index (χ4v) is 3.95. The Morgan fingerprint density at radius 3 is 1.67 bits per heavy atom. The van der Waals surface area contributed by atoms with Crippen molar-refractivity contribution in [1.29, 1.82) is 0 Å². The molecule has 2 atom stereocenters. The van der Waals surface area contributed by atoms with Crippen LogP contribution in [0, 0.1) is 11.3 Å². The molecule has 0 amide bonds. The third-order valence-electron chi connectivity index (χ3n) is 5.95. The van der Waals surface area contributed by atoms with E-state index in [0.717, 1.165) is 25.7 Å². The van der Waals surface area contributed by atoms with Gasteiger partial charge in [-0.05, 0) is 25.2 Å². The molecule has 1 radical (unpaired) electrons. The lowest BCUT2D eigenvalue weighted by Crippen LogP contribution is -2.36. The van der Waals surface area contributed by atoms with Crippen molar-refractivity contribution in [1.82, 2.24) is 0 Å². The maximum atomic E-state index is 11.9. The molecule has 0 aromatic rings. The average molecular weight is 340 g/mol. The third-order valence-corrected chi connectivity index (χ3v) is 5.95. The highest BCUT2D eigenvalue weighted by Gasteiger charge is 2.42. The zero-order valence-corrected chi connectivity index (χ0v) is 17.0. The normalized spacial score (nSPS) is 15.2. The molecule has 0 saturated heterocycles. The van der Waals surface area contributed by atoms with Crippen molar-refractivity contribution in [3.05, 3.63) is 0 Å². The molecular formula is C22H43O2. The number of hydrogen-bond donors (Lipinski definition) is 0. The van der Waals surface area contributed by atoms with Gasteiger partial charge in [-0.1, -0.05) is 105 Å². The van der Waals surface area contributed by atoms with Crippen LogP contribution in [0.2, 0.25) is 0 Å². The second-order valence-corrected chi connectivity index (χ2v) is 7.77. The summed E-state index contributed by atoms with van der Waals surface area (Å²) >= 11 is 0. The van der Waals surface area contributed by atoms with Crippen LogP contribution in [0.3, 0.4) is 0 Å². The Hall–Kier alpha value is -0.530. The van der Waals surface area contributed by atoms with Crippen molar-refractivity contribution in [2.24, 2.45) is 11.3 Å². The van der Waals surface area contributed by atoms with Gasteiger partial charge in [0.05, 0.1) is 5.41 Å². The van der Waals surface area contributed by atoms with Crippen LogP contribution in [0.15, 0.2) is 0 Å². The largest absolute Gasteiger partial charge is 0.361 e. The Morgan fingerprint density at radius 1 is 0.750 bits per heavy atom. The van der Waals surface area contributed by atoms with E-state index in [0.29, 0.717) is 6.42 Å². The highest BCUT2D eigenvalue weighted by atomic mass is 16.4. The number of rotatable bonds is 17. The molecule has 0 aliphatic heterocycles. The Kier molecular flexibility index (Phi) is 14.5. The van der Waals surface area contributed by atoms with E-state index in [1.165, 1.54) is 64.2 Å². The first kappa shape index (κ1) is 23.5. The molecule has 0 rings (SSSR count). The summed E-state index contributed by atoms with van der Waals surface area (Å²) in [6.07, 6.45) is 17.5. The van der Waals surface area contributed by atoms with Gasteiger partial charge in [-0.15, -0.1) is 0 Å². The summed E-state index contributed by atoms with van der Waals surface area (Å²) in [5, 5.41) is 11.9. The predicted molar refractivity (Wildman–Crippen MR) is 104 cm³/mol. The van der Waals surface area contributed by atoms with E-state index >= 15 is 0 Å². The summed E-state index contributed by atoms with van der Waals surface area (Å²) in [7, 11) is 0. The van der Waals surface area contributed by atoms with Crippen molar-refractivity contribution < 1.29 is 9.90 Å². The van der Waals surface area contributed by atoms with Crippen LogP contribution >= 0.6 is 0 Å². The highest BCUT2D eigenvalue weighted by Crippen LogP contribution is 2.40. The first-order valence-corrected chi connectivity index (χ1v) is 10.8. The van der Waals surface area contributed by atoms with E-state index in [1.54, 1.807) is 0 Å². The maximum Gasteiger partial charge on any atom is 0.361 e. The summed E-state index contributed by atoms with van der Waals surface area (Å²) in [4.78, 5) is 11.9. The van der Waals surface area contributed by atoms with Crippen LogP contribution in [0.25, 0.3) is 0 Å². The van der Waals surface area contributed by atoms with Gasteiger partial charge in [-0.3, -0.25) is 0 Å². The Bertz CT molecular complexity index is 300. The molecule has 0 spiro atoms. The Morgan fingerprint density at radius 2 is 1.21 bits per heavy atom. The number of unbranched alkanes of at least 4 members (excludes halogenated alkanes) is 10. The molecule has 0 aliphatic carbocycles. The zero-order valence-electron chi connectivity index (χ0n) is 17.0. The van der Waals surface area contributed by atoms with Gasteiger partial charge in [0, 0.05) is 0 Å². The maximum absolute atomic E-state index is 11.9. The van der Waals surface area contributed by atoms with Gasteiger partial charge in [0.2, 0.25) is 0 Å². The van der Waals surface area contributed by atoms with Gasteiger partial charge in [0.1, 0.15) is 0 Å². The molecule has 0 aromatic carbocycles. The molecule has 0 N–H and O–H groups in total. The second kappa shape index (κ2) is 14.8.